The van der Waals surface area contributed by atoms with Crippen molar-refractivity contribution in [2.24, 2.45) is 0 Å². The minimum Gasteiger partial charge on any atom is -0.495 e. The number of carbonyl (C=O) groups excluding carboxylic acids is 2. The third-order valence-electron chi connectivity index (χ3n) is 5.46. The van der Waals surface area contributed by atoms with E-state index < -0.39 is 10.0 Å². The zero-order valence-electron chi connectivity index (χ0n) is 17.7. The van der Waals surface area contributed by atoms with E-state index in [4.69, 9.17) is 4.74 Å². The minimum absolute atomic E-state index is 0.00505. The average Bonchev–Trinajstić information content (AvgIpc) is 3.43. The number of benzene rings is 1. The fourth-order valence-corrected chi connectivity index (χ4v) is 5.50. The number of ether oxygens (including phenoxy) is 1. The smallest absolute Gasteiger partial charge is 0.264 e. The summed E-state index contributed by atoms with van der Waals surface area (Å²) in [6.07, 6.45) is 1.70. The number of nitrogens with zero attached hydrogens (tertiary/aromatic N) is 2. The lowest BCUT2D eigenvalue weighted by atomic mass is 10.2. The molecular weight excluding hydrogens is 452 g/mol. The number of hydrogen-bond donors (Lipinski definition) is 2. The number of rotatable bonds is 8. The summed E-state index contributed by atoms with van der Waals surface area (Å²) >= 11 is 1.41. The monoisotopic (exact) mass is 478 g/mol. The largest absolute Gasteiger partial charge is 0.495 e. The molecule has 0 unspecified atom stereocenters. The first-order valence-corrected chi connectivity index (χ1v) is 12.8. The van der Waals surface area contributed by atoms with E-state index in [1.165, 1.54) is 30.6 Å². The van der Waals surface area contributed by atoms with E-state index in [2.05, 4.69) is 10.0 Å². The van der Waals surface area contributed by atoms with Crippen LogP contribution in [0.2, 0.25) is 0 Å². The van der Waals surface area contributed by atoms with Crippen LogP contribution < -0.4 is 14.8 Å². The Bertz CT molecular complexity index is 1080. The molecular formula is C21H26N4O5S2. The molecule has 0 spiro atoms. The molecule has 0 atom stereocenters. The standard InChI is InChI=1S/C21H26N4O5S2/c1-30-18-7-6-16(32(28,29)23-15-4-5-15)13-17(18)22-14-20(26)24-8-10-25(11-9-24)21(27)19-3-2-12-31-19/h2-3,6-7,12-13,15,22-23H,4-5,8-11,14H2,1H3. The summed E-state index contributed by atoms with van der Waals surface area (Å²) < 4.78 is 33.0. The molecule has 1 aliphatic carbocycles. The van der Waals surface area contributed by atoms with Crippen molar-refractivity contribution in [2.75, 3.05) is 45.2 Å². The molecule has 0 bridgehead atoms. The SMILES string of the molecule is COc1ccc(S(=O)(=O)NC2CC2)cc1NCC(=O)N1CCN(C(=O)c2cccs2)CC1. The maximum absolute atomic E-state index is 12.7. The summed E-state index contributed by atoms with van der Waals surface area (Å²) in [5, 5.41) is 4.88. The van der Waals surface area contributed by atoms with Crippen molar-refractivity contribution in [1.82, 2.24) is 14.5 Å². The van der Waals surface area contributed by atoms with Crippen LogP contribution in [0.15, 0.2) is 40.6 Å². The lowest BCUT2D eigenvalue weighted by Gasteiger charge is -2.34. The van der Waals surface area contributed by atoms with Gasteiger partial charge < -0.3 is 19.9 Å². The lowest BCUT2D eigenvalue weighted by Crippen LogP contribution is -2.51. The van der Waals surface area contributed by atoms with Gasteiger partial charge in [0.25, 0.3) is 5.91 Å². The Kier molecular flexibility index (Phi) is 6.68. The zero-order chi connectivity index (χ0) is 22.7. The van der Waals surface area contributed by atoms with Crippen molar-refractivity contribution in [3.63, 3.8) is 0 Å². The molecule has 1 aromatic carbocycles. The second-order valence-electron chi connectivity index (χ2n) is 7.76. The Hall–Kier alpha value is -2.63. The van der Waals surface area contributed by atoms with Gasteiger partial charge in [0.1, 0.15) is 5.75 Å². The first-order valence-electron chi connectivity index (χ1n) is 10.4. The third kappa shape index (κ3) is 5.22. The molecule has 1 aromatic heterocycles. The lowest BCUT2D eigenvalue weighted by molar-refractivity contribution is -0.130. The Morgan fingerprint density at radius 2 is 1.84 bits per heavy atom. The summed E-state index contributed by atoms with van der Waals surface area (Å²) in [5.41, 5.74) is 0.436. The molecule has 1 saturated carbocycles. The minimum atomic E-state index is -3.61. The Morgan fingerprint density at radius 1 is 1.12 bits per heavy atom. The molecule has 32 heavy (non-hydrogen) atoms. The van der Waals surface area contributed by atoms with Crippen molar-refractivity contribution < 1.29 is 22.7 Å². The van der Waals surface area contributed by atoms with Crippen LogP contribution in [0, 0.1) is 0 Å². The Morgan fingerprint density at radius 3 is 2.47 bits per heavy atom. The van der Waals surface area contributed by atoms with Crippen LogP contribution in [0.1, 0.15) is 22.5 Å². The molecule has 1 saturated heterocycles. The number of nitrogens with one attached hydrogen (secondary N) is 2. The van der Waals surface area contributed by atoms with E-state index in [9.17, 15) is 18.0 Å². The molecule has 2 amide bonds. The van der Waals surface area contributed by atoms with E-state index in [1.807, 2.05) is 11.4 Å². The number of carbonyl (C=O) groups is 2. The molecule has 11 heteroatoms. The molecule has 172 valence electrons. The Labute approximate surface area is 191 Å². The normalized spacial score (nSPS) is 16.7. The van der Waals surface area contributed by atoms with E-state index in [-0.39, 0.29) is 29.3 Å². The zero-order valence-corrected chi connectivity index (χ0v) is 19.4. The fourth-order valence-electron chi connectivity index (χ4n) is 3.48. The highest BCUT2D eigenvalue weighted by atomic mass is 32.2. The van der Waals surface area contributed by atoms with Crippen LogP contribution in [0.4, 0.5) is 5.69 Å². The number of anilines is 1. The fraction of sp³-hybridized carbons (Fsp3) is 0.429. The van der Waals surface area contributed by atoms with Crippen LogP contribution >= 0.6 is 11.3 Å². The van der Waals surface area contributed by atoms with Gasteiger partial charge in [0.05, 0.1) is 29.1 Å². The highest BCUT2D eigenvalue weighted by molar-refractivity contribution is 7.89. The summed E-state index contributed by atoms with van der Waals surface area (Å²) in [5.74, 6) is 0.321. The maximum atomic E-state index is 12.7. The highest BCUT2D eigenvalue weighted by Crippen LogP contribution is 2.29. The summed E-state index contributed by atoms with van der Waals surface area (Å²) in [4.78, 5) is 29.4. The van der Waals surface area contributed by atoms with Crippen molar-refractivity contribution in [3.05, 3.63) is 40.6 Å². The van der Waals surface area contributed by atoms with Crippen LogP contribution in [-0.4, -0.2) is 75.9 Å². The molecule has 2 aliphatic rings. The maximum Gasteiger partial charge on any atom is 0.264 e. The van der Waals surface area contributed by atoms with Crippen molar-refractivity contribution in [1.29, 1.82) is 0 Å². The summed E-state index contributed by atoms with van der Waals surface area (Å²) in [7, 11) is -2.13. The van der Waals surface area contributed by atoms with E-state index in [1.54, 1.807) is 21.9 Å². The molecule has 1 aliphatic heterocycles. The van der Waals surface area contributed by atoms with Gasteiger partial charge in [-0.2, -0.15) is 0 Å². The number of amides is 2. The van der Waals surface area contributed by atoms with Gasteiger partial charge in [0.2, 0.25) is 15.9 Å². The molecule has 4 rings (SSSR count). The van der Waals surface area contributed by atoms with Crippen LogP contribution in [0.3, 0.4) is 0 Å². The predicted octanol–water partition coefficient (Wildman–Crippen LogP) is 1.59. The van der Waals surface area contributed by atoms with Crippen LogP contribution in [0.5, 0.6) is 5.75 Å². The quantitative estimate of drug-likeness (QED) is 0.597. The topological polar surface area (TPSA) is 108 Å². The second kappa shape index (κ2) is 9.47. The third-order valence-corrected chi connectivity index (χ3v) is 7.84. The van der Waals surface area contributed by atoms with Gasteiger partial charge in [-0.1, -0.05) is 6.07 Å². The molecule has 2 fully saturated rings. The number of sulfonamides is 1. The van der Waals surface area contributed by atoms with Gasteiger partial charge in [-0.25, -0.2) is 13.1 Å². The molecule has 9 nitrogen and oxygen atoms in total. The number of piperazine rings is 1. The Balaban J connectivity index is 1.34. The van der Waals surface area contributed by atoms with Gasteiger partial charge in [0, 0.05) is 32.2 Å². The molecule has 2 heterocycles. The van der Waals surface area contributed by atoms with Gasteiger partial charge >= 0.3 is 0 Å². The molecule has 2 N–H and O–H groups in total. The van der Waals surface area contributed by atoms with Gasteiger partial charge in [0.15, 0.2) is 0 Å². The van der Waals surface area contributed by atoms with Crippen LogP contribution in [0.25, 0.3) is 0 Å². The average molecular weight is 479 g/mol. The first-order chi connectivity index (χ1) is 15.4. The molecule has 2 aromatic rings. The number of thiophene rings is 1. The van der Waals surface area contributed by atoms with Crippen molar-refractivity contribution in [2.45, 2.75) is 23.8 Å². The van der Waals surface area contributed by atoms with Crippen molar-refractivity contribution in [3.8, 4) is 5.75 Å². The highest BCUT2D eigenvalue weighted by Gasteiger charge is 2.29. The van der Waals surface area contributed by atoms with Gasteiger partial charge in [-0.05, 0) is 42.5 Å². The van der Waals surface area contributed by atoms with Gasteiger partial charge in [-0.3, -0.25) is 9.59 Å². The van der Waals surface area contributed by atoms with Gasteiger partial charge in [-0.15, -0.1) is 11.3 Å². The molecule has 0 radical (unpaired) electrons. The number of hydrogen-bond acceptors (Lipinski definition) is 7. The van der Waals surface area contributed by atoms with E-state index in [0.717, 1.165) is 12.8 Å². The van der Waals surface area contributed by atoms with Crippen LogP contribution in [-0.2, 0) is 14.8 Å². The predicted molar refractivity (Wildman–Crippen MR) is 122 cm³/mol. The number of methoxy groups -OCH3 is 1. The summed E-state index contributed by atoms with van der Waals surface area (Å²) in [6, 6.07) is 8.19. The van der Waals surface area contributed by atoms with Crippen molar-refractivity contribution >= 4 is 38.9 Å². The summed E-state index contributed by atoms with van der Waals surface area (Å²) in [6.45, 7) is 1.86. The second-order valence-corrected chi connectivity index (χ2v) is 10.4. The van der Waals surface area contributed by atoms with E-state index in [0.29, 0.717) is 42.5 Å². The van der Waals surface area contributed by atoms with E-state index >= 15 is 0 Å². The first kappa shape index (κ1) is 22.6.